The van der Waals surface area contributed by atoms with E-state index in [1.54, 1.807) is 35.2 Å². The summed E-state index contributed by atoms with van der Waals surface area (Å²) in [6.45, 7) is 6.01. The van der Waals surface area contributed by atoms with Gasteiger partial charge in [0.15, 0.2) is 11.5 Å². The van der Waals surface area contributed by atoms with E-state index in [2.05, 4.69) is 5.32 Å². The van der Waals surface area contributed by atoms with Gasteiger partial charge in [-0.15, -0.1) is 0 Å². The number of ether oxygens (including phenoxy) is 3. The minimum atomic E-state index is -3.76. The van der Waals surface area contributed by atoms with Crippen molar-refractivity contribution < 1.29 is 32.2 Å². The zero-order valence-electron chi connectivity index (χ0n) is 25.0. The molecule has 11 nitrogen and oxygen atoms in total. The van der Waals surface area contributed by atoms with Crippen molar-refractivity contribution in [3.05, 3.63) is 77.9 Å². The predicted octanol–water partition coefficient (Wildman–Crippen LogP) is 3.97. The number of carbonyl (C=O) groups excluding carboxylic acids is 2. The number of carbonyl (C=O) groups is 2. The van der Waals surface area contributed by atoms with Crippen LogP contribution in [0.3, 0.4) is 0 Å². The Bertz CT molecular complexity index is 1640. The largest absolute Gasteiger partial charge is 0.490 e. The van der Waals surface area contributed by atoms with E-state index >= 15 is 0 Å². The molecule has 1 atom stereocenters. The van der Waals surface area contributed by atoms with Crippen molar-refractivity contribution in [1.29, 1.82) is 0 Å². The van der Waals surface area contributed by atoms with Crippen molar-refractivity contribution in [1.82, 2.24) is 4.90 Å². The fraction of sp³-hybridized carbons (Fsp3) is 0.344. The fourth-order valence-electron chi connectivity index (χ4n) is 5.25. The van der Waals surface area contributed by atoms with Crippen LogP contribution in [0, 0.1) is 0 Å². The molecule has 1 unspecified atom stereocenters. The van der Waals surface area contributed by atoms with Gasteiger partial charge in [-0.05, 0) is 55.3 Å². The van der Waals surface area contributed by atoms with Crippen molar-refractivity contribution in [3.8, 4) is 11.5 Å². The summed E-state index contributed by atoms with van der Waals surface area (Å²) in [5.74, 6) is -0.179. The molecule has 0 spiro atoms. The van der Waals surface area contributed by atoms with E-state index in [4.69, 9.17) is 19.2 Å². The van der Waals surface area contributed by atoms with E-state index in [1.807, 2.05) is 50.2 Å². The number of fused-ring (bicyclic) bond motifs is 1. The predicted molar refractivity (Wildman–Crippen MR) is 169 cm³/mol. The molecule has 2 amide bonds. The second-order valence-electron chi connectivity index (χ2n) is 10.3. The van der Waals surface area contributed by atoms with Gasteiger partial charge in [-0.1, -0.05) is 30.3 Å². The van der Waals surface area contributed by atoms with E-state index in [1.165, 1.54) is 0 Å². The Balaban J connectivity index is 1.50. The van der Waals surface area contributed by atoms with Crippen LogP contribution in [0.1, 0.15) is 30.9 Å². The van der Waals surface area contributed by atoms with Crippen LogP contribution in [-0.4, -0.2) is 83.2 Å². The van der Waals surface area contributed by atoms with Gasteiger partial charge < -0.3 is 24.4 Å². The number of sulfonamides is 1. The average molecular weight is 621 g/mol. The maximum Gasteiger partial charge on any atom is 0.243 e. The van der Waals surface area contributed by atoms with E-state index in [-0.39, 0.29) is 18.4 Å². The van der Waals surface area contributed by atoms with Crippen LogP contribution in [0.2, 0.25) is 0 Å². The van der Waals surface area contributed by atoms with Crippen LogP contribution >= 0.6 is 0 Å². The summed E-state index contributed by atoms with van der Waals surface area (Å²) in [7, 11) is -3.76. The first-order valence-corrected chi connectivity index (χ1v) is 16.4. The van der Waals surface area contributed by atoms with Gasteiger partial charge >= 0.3 is 0 Å². The number of hydrogen-bond acceptors (Lipinski definition) is 8. The van der Waals surface area contributed by atoms with Crippen LogP contribution in [0.15, 0.2) is 71.7 Å². The number of rotatable bonds is 11. The second kappa shape index (κ2) is 13.5. The van der Waals surface area contributed by atoms with Gasteiger partial charge in [-0.3, -0.25) is 18.9 Å². The van der Waals surface area contributed by atoms with Gasteiger partial charge in [0.2, 0.25) is 21.8 Å². The first-order valence-electron chi connectivity index (χ1n) is 14.5. The van der Waals surface area contributed by atoms with Crippen molar-refractivity contribution in [2.75, 3.05) is 61.9 Å². The molecule has 1 fully saturated rings. The summed E-state index contributed by atoms with van der Waals surface area (Å²) in [5, 5.41) is 2.97. The molecule has 0 saturated carbocycles. The lowest BCUT2D eigenvalue weighted by Crippen LogP contribution is -2.47. The second-order valence-corrected chi connectivity index (χ2v) is 12.2. The standard InChI is InChI=1S/C32H36N4O7S/c1-4-42-27-19-25-26(20-28(27)43-5-2)34-32(38)30(25)31(22-9-7-6-8-10-22)33-23-11-13-24(14-12-23)36(44(3,39)40)21-29(37)35-15-17-41-18-16-35/h6-14,19-20,30H,4-5,15-18,21H2,1-3H3,(H,34,38). The maximum atomic E-state index is 13.5. The molecule has 1 saturated heterocycles. The van der Waals surface area contributed by atoms with Gasteiger partial charge in [0.1, 0.15) is 12.5 Å². The molecule has 3 aromatic carbocycles. The molecule has 44 heavy (non-hydrogen) atoms. The van der Waals surface area contributed by atoms with Crippen LogP contribution in [0.4, 0.5) is 17.1 Å². The molecule has 0 aromatic heterocycles. The summed E-state index contributed by atoms with van der Waals surface area (Å²) >= 11 is 0. The monoisotopic (exact) mass is 620 g/mol. The average Bonchev–Trinajstić information content (AvgIpc) is 3.33. The third kappa shape index (κ3) is 6.87. The third-order valence-corrected chi connectivity index (χ3v) is 8.46. The quantitative estimate of drug-likeness (QED) is 0.322. The molecule has 1 N–H and O–H groups in total. The van der Waals surface area contributed by atoms with Gasteiger partial charge in [0.25, 0.3) is 0 Å². The van der Waals surface area contributed by atoms with Gasteiger partial charge in [0, 0.05) is 24.8 Å². The number of nitrogens with zero attached hydrogens (tertiary/aromatic N) is 3. The Morgan fingerprint density at radius 3 is 2.25 bits per heavy atom. The molecule has 2 aliphatic rings. The molecule has 12 heteroatoms. The highest BCUT2D eigenvalue weighted by Gasteiger charge is 2.37. The summed E-state index contributed by atoms with van der Waals surface area (Å²) in [5.41, 5.74) is 3.46. The molecule has 0 bridgehead atoms. The first-order chi connectivity index (χ1) is 21.2. The Morgan fingerprint density at radius 2 is 1.64 bits per heavy atom. The Hall–Kier alpha value is -4.42. The maximum absolute atomic E-state index is 13.5. The van der Waals surface area contributed by atoms with Crippen molar-refractivity contribution in [3.63, 3.8) is 0 Å². The van der Waals surface area contributed by atoms with Crippen molar-refractivity contribution >= 4 is 44.6 Å². The lowest BCUT2D eigenvalue weighted by atomic mass is 9.90. The Labute approximate surface area is 257 Å². The van der Waals surface area contributed by atoms with E-state index in [0.29, 0.717) is 79.4 Å². The van der Waals surface area contributed by atoms with Gasteiger partial charge in [-0.2, -0.15) is 0 Å². The van der Waals surface area contributed by atoms with Crippen molar-refractivity contribution in [2.45, 2.75) is 19.8 Å². The lowest BCUT2D eigenvalue weighted by Gasteiger charge is -2.30. The molecule has 0 radical (unpaired) electrons. The summed E-state index contributed by atoms with van der Waals surface area (Å²) in [6, 6.07) is 19.6. The molecule has 2 aliphatic heterocycles. The van der Waals surface area contributed by atoms with Gasteiger partial charge in [0.05, 0.1) is 49.8 Å². The lowest BCUT2D eigenvalue weighted by molar-refractivity contribution is -0.133. The van der Waals surface area contributed by atoms with Gasteiger partial charge in [-0.25, -0.2) is 8.42 Å². The number of benzene rings is 3. The highest BCUT2D eigenvalue weighted by atomic mass is 32.2. The number of anilines is 2. The highest BCUT2D eigenvalue weighted by Crippen LogP contribution is 2.43. The number of hydrogen-bond donors (Lipinski definition) is 1. The SMILES string of the molecule is CCOc1cc2c(cc1OCC)C(C(=Nc1ccc(N(CC(=O)N3CCOCC3)S(C)(=O)=O)cc1)c1ccccc1)C(=O)N2. The number of aliphatic imine (C=N–C) groups is 1. The molecule has 5 rings (SSSR count). The molecule has 0 aliphatic carbocycles. The number of nitrogens with one attached hydrogen (secondary N) is 1. The van der Waals surface area contributed by atoms with E-state index in [9.17, 15) is 18.0 Å². The zero-order valence-corrected chi connectivity index (χ0v) is 25.8. The third-order valence-electron chi connectivity index (χ3n) is 7.32. The molecule has 2 heterocycles. The molecular formula is C32H36N4O7S. The summed E-state index contributed by atoms with van der Waals surface area (Å²) in [4.78, 5) is 32.9. The number of morpholine rings is 1. The van der Waals surface area contributed by atoms with E-state index < -0.39 is 15.9 Å². The minimum absolute atomic E-state index is 0.236. The zero-order chi connectivity index (χ0) is 31.3. The summed E-state index contributed by atoms with van der Waals surface area (Å²) in [6.07, 6.45) is 1.07. The molecule has 3 aromatic rings. The van der Waals surface area contributed by atoms with Crippen LogP contribution in [0.25, 0.3) is 0 Å². The summed E-state index contributed by atoms with van der Waals surface area (Å²) < 4.78 is 43.4. The first kappa shape index (κ1) is 31.0. The van der Waals surface area contributed by atoms with Crippen LogP contribution < -0.4 is 19.1 Å². The fourth-order valence-corrected chi connectivity index (χ4v) is 6.10. The molecule has 232 valence electrons. The number of amides is 2. The van der Waals surface area contributed by atoms with Crippen LogP contribution in [0.5, 0.6) is 11.5 Å². The van der Waals surface area contributed by atoms with Crippen LogP contribution in [-0.2, 0) is 24.3 Å². The highest BCUT2D eigenvalue weighted by molar-refractivity contribution is 7.92. The van der Waals surface area contributed by atoms with Crippen molar-refractivity contribution in [2.24, 2.45) is 4.99 Å². The smallest absolute Gasteiger partial charge is 0.243 e. The molecular weight excluding hydrogens is 584 g/mol. The van der Waals surface area contributed by atoms with E-state index in [0.717, 1.165) is 16.1 Å². The topological polar surface area (TPSA) is 127 Å². The Kier molecular flexibility index (Phi) is 9.50. The minimum Gasteiger partial charge on any atom is -0.490 e. The Morgan fingerprint density at radius 1 is 1.00 bits per heavy atom. The normalized spacial score (nSPS) is 16.7.